The first kappa shape index (κ1) is 9.45. The molecule has 0 spiro atoms. The van der Waals surface area contributed by atoms with Gasteiger partial charge in [-0.15, -0.1) is 0 Å². The van der Waals surface area contributed by atoms with Crippen molar-refractivity contribution in [2.24, 2.45) is 0 Å². The van der Waals surface area contributed by atoms with Gasteiger partial charge in [-0.05, 0) is 12.1 Å². The molecule has 1 aromatic carbocycles. The molecule has 2 aromatic rings. The monoisotopic (exact) mass is 202 g/mol. The summed E-state index contributed by atoms with van der Waals surface area (Å²) in [6.45, 7) is 0. The number of hydrogen-bond acceptors (Lipinski definition) is 3. The molecular weight excluding hydrogens is 195 g/mol. The van der Waals surface area contributed by atoms with E-state index in [-0.39, 0.29) is 11.1 Å². The number of aromatic nitrogens is 2. The maximum atomic E-state index is 13.7. The quantitative estimate of drug-likeness (QED) is 0.700. The molecule has 0 saturated heterocycles. The zero-order valence-corrected chi connectivity index (χ0v) is 7.72. The van der Waals surface area contributed by atoms with E-state index < -0.39 is 5.82 Å². The Morgan fingerprint density at radius 2 is 2.13 bits per heavy atom. The number of benzene rings is 1. The van der Waals surface area contributed by atoms with Gasteiger partial charge in [-0.3, -0.25) is 14.8 Å². The number of halogens is 1. The Kier molecular flexibility index (Phi) is 2.49. The summed E-state index contributed by atoms with van der Waals surface area (Å²) in [5.41, 5.74) is 0.726. The molecule has 0 bridgehead atoms. The highest BCUT2D eigenvalue weighted by Gasteiger charge is 2.09. The largest absolute Gasteiger partial charge is 0.298 e. The van der Waals surface area contributed by atoms with Crippen LogP contribution in [0.15, 0.2) is 36.8 Å². The van der Waals surface area contributed by atoms with Gasteiger partial charge < -0.3 is 0 Å². The third kappa shape index (κ3) is 1.74. The first-order chi connectivity index (χ1) is 7.33. The molecule has 4 heteroatoms. The predicted molar refractivity (Wildman–Crippen MR) is 52.8 cm³/mol. The number of rotatable bonds is 2. The molecule has 0 aliphatic carbocycles. The van der Waals surface area contributed by atoms with Crippen molar-refractivity contribution in [1.82, 2.24) is 9.97 Å². The molecule has 1 aromatic heterocycles. The second-order valence-corrected chi connectivity index (χ2v) is 2.92. The van der Waals surface area contributed by atoms with Gasteiger partial charge in [0.15, 0.2) is 6.29 Å². The van der Waals surface area contributed by atoms with E-state index in [4.69, 9.17) is 0 Å². The fourth-order valence-electron chi connectivity index (χ4n) is 1.28. The Morgan fingerprint density at radius 3 is 2.80 bits per heavy atom. The van der Waals surface area contributed by atoms with Gasteiger partial charge in [-0.1, -0.05) is 6.07 Å². The standard InChI is InChI=1S/C11H7FN2O/c12-11-8(7-15)2-1-3-9(11)10-6-13-4-5-14-10/h1-7H. The van der Waals surface area contributed by atoms with E-state index in [0.29, 0.717) is 12.0 Å². The maximum absolute atomic E-state index is 13.7. The zero-order chi connectivity index (χ0) is 10.7. The van der Waals surface area contributed by atoms with Gasteiger partial charge in [-0.25, -0.2) is 4.39 Å². The van der Waals surface area contributed by atoms with Gasteiger partial charge in [0.2, 0.25) is 0 Å². The number of carbonyl (C=O) groups is 1. The smallest absolute Gasteiger partial charge is 0.153 e. The van der Waals surface area contributed by atoms with Gasteiger partial charge in [0.05, 0.1) is 17.5 Å². The Labute approximate surface area is 85.6 Å². The normalized spacial score (nSPS) is 9.93. The molecule has 3 nitrogen and oxygen atoms in total. The van der Waals surface area contributed by atoms with Crippen molar-refractivity contribution in [3.05, 3.63) is 48.2 Å². The Balaban J connectivity index is 2.59. The first-order valence-electron chi connectivity index (χ1n) is 4.33. The second-order valence-electron chi connectivity index (χ2n) is 2.92. The minimum absolute atomic E-state index is 0.0261. The summed E-state index contributed by atoms with van der Waals surface area (Å²) in [5.74, 6) is -0.562. The molecule has 0 aliphatic heterocycles. The number of carbonyl (C=O) groups excluding carboxylic acids is 1. The molecule has 0 atom stereocenters. The lowest BCUT2D eigenvalue weighted by Gasteiger charge is -2.02. The summed E-state index contributed by atoms with van der Waals surface area (Å²) in [5, 5.41) is 0. The van der Waals surface area contributed by atoms with E-state index in [9.17, 15) is 9.18 Å². The van der Waals surface area contributed by atoms with Crippen LogP contribution in [0.2, 0.25) is 0 Å². The summed E-state index contributed by atoms with van der Waals surface area (Å²) in [7, 11) is 0. The molecule has 0 aliphatic rings. The lowest BCUT2D eigenvalue weighted by molar-refractivity contribution is 0.112. The fraction of sp³-hybridized carbons (Fsp3) is 0. The topological polar surface area (TPSA) is 42.9 Å². The Hall–Kier alpha value is -2.10. The molecule has 74 valence electrons. The first-order valence-corrected chi connectivity index (χ1v) is 4.33. The highest BCUT2D eigenvalue weighted by atomic mass is 19.1. The highest BCUT2D eigenvalue weighted by molar-refractivity contribution is 5.78. The molecule has 0 amide bonds. The SMILES string of the molecule is O=Cc1cccc(-c2cnccn2)c1F. The van der Waals surface area contributed by atoms with Crippen molar-refractivity contribution in [3.63, 3.8) is 0 Å². The van der Waals surface area contributed by atoms with E-state index in [0.717, 1.165) is 0 Å². The lowest BCUT2D eigenvalue weighted by atomic mass is 10.1. The van der Waals surface area contributed by atoms with Crippen molar-refractivity contribution in [3.8, 4) is 11.3 Å². The van der Waals surface area contributed by atoms with Crippen LogP contribution >= 0.6 is 0 Å². The summed E-state index contributed by atoms with van der Waals surface area (Å²) in [6.07, 6.45) is 4.91. The Morgan fingerprint density at radius 1 is 1.27 bits per heavy atom. The number of hydrogen-bond donors (Lipinski definition) is 0. The molecule has 0 radical (unpaired) electrons. The van der Waals surface area contributed by atoms with Gasteiger partial charge in [0, 0.05) is 18.0 Å². The zero-order valence-electron chi connectivity index (χ0n) is 7.72. The van der Waals surface area contributed by atoms with Crippen LogP contribution in [0, 0.1) is 5.82 Å². The number of aldehydes is 1. The summed E-state index contributed by atoms with van der Waals surface area (Å²) in [4.78, 5) is 18.3. The minimum Gasteiger partial charge on any atom is -0.298 e. The molecule has 0 N–H and O–H groups in total. The van der Waals surface area contributed by atoms with Crippen LogP contribution in [0.1, 0.15) is 10.4 Å². The third-order valence-electron chi connectivity index (χ3n) is 1.99. The van der Waals surface area contributed by atoms with Gasteiger partial charge in [0.1, 0.15) is 5.82 Å². The van der Waals surface area contributed by atoms with E-state index in [1.165, 1.54) is 24.7 Å². The van der Waals surface area contributed by atoms with Crippen molar-refractivity contribution in [2.75, 3.05) is 0 Å². The third-order valence-corrected chi connectivity index (χ3v) is 1.99. The van der Waals surface area contributed by atoms with Crippen molar-refractivity contribution in [2.45, 2.75) is 0 Å². The molecule has 2 rings (SSSR count). The van der Waals surface area contributed by atoms with Crippen LogP contribution in [-0.4, -0.2) is 16.3 Å². The summed E-state index contributed by atoms with van der Waals surface area (Å²) in [6, 6.07) is 4.59. The summed E-state index contributed by atoms with van der Waals surface area (Å²) >= 11 is 0. The minimum atomic E-state index is -0.562. The van der Waals surface area contributed by atoms with Crippen LogP contribution in [0.4, 0.5) is 4.39 Å². The van der Waals surface area contributed by atoms with E-state index in [2.05, 4.69) is 9.97 Å². The number of nitrogens with zero attached hydrogens (tertiary/aromatic N) is 2. The van der Waals surface area contributed by atoms with Crippen molar-refractivity contribution >= 4 is 6.29 Å². The van der Waals surface area contributed by atoms with Crippen molar-refractivity contribution < 1.29 is 9.18 Å². The van der Waals surface area contributed by atoms with Crippen LogP contribution in [-0.2, 0) is 0 Å². The van der Waals surface area contributed by atoms with E-state index >= 15 is 0 Å². The molecule has 1 heterocycles. The maximum Gasteiger partial charge on any atom is 0.153 e. The van der Waals surface area contributed by atoms with Gasteiger partial charge in [-0.2, -0.15) is 0 Å². The van der Waals surface area contributed by atoms with Crippen molar-refractivity contribution in [1.29, 1.82) is 0 Å². The lowest BCUT2D eigenvalue weighted by Crippen LogP contribution is -1.93. The molecule has 15 heavy (non-hydrogen) atoms. The van der Waals surface area contributed by atoms with E-state index in [1.54, 1.807) is 12.1 Å². The fourth-order valence-corrected chi connectivity index (χ4v) is 1.28. The van der Waals surface area contributed by atoms with Gasteiger partial charge >= 0.3 is 0 Å². The van der Waals surface area contributed by atoms with Crippen LogP contribution in [0.25, 0.3) is 11.3 Å². The van der Waals surface area contributed by atoms with Crippen LogP contribution in [0.5, 0.6) is 0 Å². The Bertz CT molecular complexity index is 485. The summed E-state index contributed by atoms with van der Waals surface area (Å²) < 4.78 is 13.7. The van der Waals surface area contributed by atoms with Crippen LogP contribution < -0.4 is 0 Å². The van der Waals surface area contributed by atoms with Gasteiger partial charge in [0.25, 0.3) is 0 Å². The molecule has 0 fully saturated rings. The molecule has 0 unspecified atom stereocenters. The second kappa shape index (κ2) is 3.96. The van der Waals surface area contributed by atoms with E-state index in [1.807, 2.05) is 0 Å². The average molecular weight is 202 g/mol. The molecular formula is C11H7FN2O. The van der Waals surface area contributed by atoms with Crippen LogP contribution in [0.3, 0.4) is 0 Å². The average Bonchev–Trinajstić information content (AvgIpc) is 2.30. The molecule has 0 saturated carbocycles. The predicted octanol–water partition coefficient (Wildman–Crippen LogP) is 2.10. The highest BCUT2D eigenvalue weighted by Crippen LogP contribution is 2.21.